The zero-order chi connectivity index (χ0) is 8.27. The number of hydrogen-bond acceptors (Lipinski definition) is 4. The maximum Gasteiger partial charge on any atom is 0.244 e. The van der Waals surface area contributed by atoms with Crippen LogP contribution in [0.15, 0.2) is 12.3 Å². The summed E-state index contributed by atoms with van der Waals surface area (Å²) in [5.41, 5.74) is 0.461. The van der Waals surface area contributed by atoms with Gasteiger partial charge in [0.2, 0.25) is 5.88 Å². The van der Waals surface area contributed by atoms with Crippen LogP contribution in [0.3, 0.4) is 0 Å². The molecular weight excluding hydrogens is 144 g/mol. The van der Waals surface area contributed by atoms with Gasteiger partial charge in [0, 0.05) is 0 Å². The lowest BCUT2D eigenvalue weighted by Crippen LogP contribution is -2.00. The fraction of sp³-hybridized carbons (Fsp3) is 0.286. The van der Waals surface area contributed by atoms with Gasteiger partial charge in [-0.2, -0.15) is 5.10 Å². The third-order valence-corrected chi connectivity index (χ3v) is 1.26. The van der Waals surface area contributed by atoms with Gasteiger partial charge < -0.3 is 4.74 Å². The van der Waals surface area contributed by atoms with Gasteiger partial charge in [0.1, 0.15) is 0 Å². The number of nitrogens with zero attached hydrogens (tertiary/aromatic N) is 2. The number of Topliss-reactive ketones (excluding diaryl/α,β-unsaturated/α-hetero) is 1. The number of ether oxygens (including phenoxy) is 1. The lowest BCUT2D eigenvalue weighted by atomic mass is 10.2. The van der Waals surface area contributed by atoms with E-state index in [0.717, 1.165) is 0 Å². The molecule has 58 valence electrons. The first-order valence-corrected chi connectivity index (χ1v) is 3.12. The summed E-state index contributed by atoms with van der Waals surface area (Å²) < 4.78 is 4.81. The lowest BCUT2D eigenvalue weighted by molar-refractivity contribution is 0.101. The molecule has 0 fully saturated rings. The Hall–Kier alpha value is -1.45. The molecule has 4 nitrogen and oxygen atoms in total. The Bertz CT molecular complexity index is 273. The number of rotatable bonds is 2. The highest BCUT2D eigenvalue weighted by molar-refractivity contribution is 5.96. The Balaban J connectivity index is 3.12. The molecule has 0 radical (unpaired) electrons. The number of carbonyl (C=O) groups is 1. The van der Waals surface area contributed by atoms with Crippen LogP contribution in [0.5, 0.6) is 5.88 Å². The summed E-state index contributed by atoms with van der Waals surface area (Å²) in [6.45, 7) is 1.46. The van der Waals surface area contributed by atoms with E-state index in [1.54, 1.807) is 6.07 Å². The van der Waals surface area contributed by atoms with Gasteiger partial charge in [-0.1, -0.05) is 0 Å². The smallest absolute Gasteiger partial charge is 0.244 e. The molecule has 1 rings (SSSR count). The minimum absolute atomic E-state index is 0.0725. The Kier molecular flexibility index (Phi) is 2.15. The molecule has 0 aliphatic heterocycles. The van der Waals surface area contributed by atoms with Crippen molar-refractivity contribution in [1.82, 2.24) is 10.2 Å². The Labute approximate surface area is 64.2 Å². The molecule has 0 saturated heterocycles. The SMILES string of the molecule is COc1nnccc1C(C)=O. The van der Waals surface area contributed by atoms with Gasteiger partial charge in [-0.3, -0.25) is 4.79 Å². The third-order valence-electron chi connectivity index (χ3n) is 1.26. The van der Waals surface area contributed by atoms with Crippen LogP contribution in [0.1, 0.15) is 17.3 Å². The summed E-state index contributed by atoms with van der Waals surface area (Å²) in [5.74, 6) is 0.205. The summed E-state index contributed by atoms with van der Waals surface area (Å²) in [6.07, 6.45) is 1.46. The van der Waals surface area contributed by atoms with E-state index in [1.807, 2.05) is 0 Å². The van der Waals surface area contributed by atoms with Crippen molar-refractivity contribution in [2.75, 3.05) is 7.11 Å². The van der Waals surface area contributed by atoms with Crippen LogP contribution in [-0.2, 0) is 0 Å². The predicted molar refractivity (Wildman–Crippen MR) is 38.6 cm³/mol. The molecule has 1 heterocycles. The molecule has 0 amide bonds. The Morgan fingerprint density at radius 2 is 2.36 bits per heavy atom. The van der Waals surface area contributed by atoms with Crippen LogP contribution in [0, 0.1) is 0 Å². The monoisotopic (exact) mass is 152 g/mol. The summed E-state index contributed by atoms with van der Waals surface area (Å²) >= 11 is 0. The molecule has 0 spiro atoms. The first-order chi connectivity index (χ1) is 5.25. The van der Waals surface area contributed by atoms with Crippen molar-refractivity contribution >= 4 is 5.78 Å². The minimum atomic E-state index is -0.0725. The summed E-state index contributed by atoms with van der Waals surface area (Å²) in [6, 6.07) is 1.58. The predicted octanol–water partition coefficient (Wildman–Crippen LogP) is 0.688. The maximum absolute atomic E-state index is 10.9. The van der Waals surface area contributed by atoms with Crippen molar-refractivity contribution in [3.05, 3.63) is 17.8 Å². The zero-order valence-corrected chi connectivity index (χ0v) is 6.37. The van der Waals surface area contributed by atoms with Gasteiger partial charge in [-0.05, 0) is 13.0 Å². The van der Waals surface area contributed by atoms with Crippen molar-refractivity contribution in [3.63, 3.8) is 0 Å². The standard InChI is InChI=1S/C7H8N2O2/c1-5(10)6-3-4-8-9-7(6)11-2/h3-4H,1-2H3. The highest BCUT2D eigenvalue weighted by atomic mass is 16.5. The average molecular weight is 152 g/mol. The molecule has 0 unspecified atom stereocenters. The van der Waals surface area contributed by atoms with Crippen LogP contribution in [-0.4, -0.2) is 23.1 Å². The molecule has 1 aromatic heterocycles. The van der Waals surface area contributed by atoms with Gasteiger partial charge in [-0.25, -0.2) is 0 Å². The van der Waals surface area contributed by atoms with E-state index in [2.05, 4.69) is 10.2 Å². The van der Waals surface area contributed by atoms with Crippen molar-refractivity contribution in [1.29, 1.82) is 0 Å². The number of methoxy groups -OCH3 is 1. The number of hydrogen-bond donors (Lipinski definition) is 0. The van der Waals surface area contributed by atoms with Crippen LogP contribution in [0.4, 0.5) is 0 Å². The molecule has 4 heteroatoms. The minimum Gasteiger partial charge on any atom is -0.479 e. The van der Waals surface area contributed by atoms with Crippen molar-refractivity contribution in [3.8, 4) is 5.88 Å². The van der Waals surface area contributed by atoms with Gasteiger partial charge in [0.15, 0.2) is 5.78 Å². The van der Waals surface area contributed by atoms with Crippen molar-refractivity contribution in [2.45, 2.75) is 6.92 Å². The Morgan fingerprint density at radius 3 is 2.82 bits per heavy atom. The van der Waals surface area contributed by atoms with Crippen LogP contribution >= 0.6 is 0 Å². The number of ketones is 1. The van der Waals surface area contributed by atoms with E-state index >= 15 is 0 Å². The molecule has 0 aliphatic rings. The van der Waals surface area contributed by atoms with E-state index < -0.39 is 0 Å². The highest BCUT2D eigenvalue weighted by Crippen LogP contribution is 2.11. The van der Waals surface area contributed by atoms with E-state index in [9.17, 15) is 4.79 Å². The molecule has 0 aromatic carbocycles. The number of aromatic nitrogens is 2. The van der Waals surface area contributed by atoms with Crippen LogP contribution < -0.4 is 4.74 Å². The molecule has 0 aliphatic carbocycles. The van der Waals surface area contributed by atoms with Crippen molar-refractivity contribution < 1.29 is 9.53 Å². The van der Waals surface area contributed by atoms with Gasteiger partial charge in [0.05, 0.1) is 18.9 Å². The maximum atomic E-state index is 10.9. The molecule has 0 atom stereocenters. The van der Waals surface area contributed by atoms with E-state index in [4.69, 9.17) is 4.74 Å². The molecule has 1 aromatic rings. The molecule has 0 saturated carbocycles. The second kappa shape index (κ2) is 3.09. The fourth-order valence-electron chi connectivity index (χ4n) is 0.738. The summed E-state index contributed by atoms with van der Waals surface area (Å²) in [4.78, 5) is 10.9. The lowest BCUT2D eigenvalue weighted by Gasteiger charge is -2.00. The fourth-order valence-corrected chi connectivity index (χ4v) is 0.738. The quantitative estimate of drug-likeness (QED) is 0.585. The topological polar surface area (TPSA) is 52.1 Å². The largest absolute Gasteiger partial charge is 0.479 e. The van der Waals surface area contributed by atoms with E-state index in [1.165, 1.54) is 20.2 Å². The molecule has 11 heavy (non-hydrogen) atoms. The van der Waals surface area contributed by atoms with Crippen molar-refractivity contribution in [2.24, 2.45) is 0 Å². The van der Waals surface area contributed by atoms with Crippen LogP contribution in [0.2, 0.25) is 0 Å². The highest BCUT2D eigenvalue weighted by Gasteiger charge is 2.07. The molecule has 0 N–H and O–H groups in total. The van der Waals surface area contributed by atoms with Gasteiger partial charge in [-0.15, -0.1) is 5.10 Å². The first kappa shape index (κ1) is 7.65. The zero-order valence-electron chi connectivity index (χ0n) is 6.37. The van der Waals surface area contributed by atoms with E-state index in [-0.39, 0.29) is 11.7 Å². The molecule has 0 bridgehead atoms. The second-order valence-electron chi connectivity index (χ2n) is 2.01. The Morgan fingerprint density at radius 1 is 1.64 bits per heavy atom. The summed E-state index contributed by atoms with van der Waals surface area (Å²) in [7, 11) is 1.45. The number of carbonyl (C=O) groups excluding carboxylic acids is 1. The van der Waals surface area contributed by atoms with Gasteiger partial charge >= 0.3 is 0 Å². The van der Waals surface area contributed by atoms with E-state index in [0.29, 0.717) is 5.56 Å². The third kappa shape index (κ3) is 1.52. The first-order valence-electron chi connectivity index (χ1n) is 3.12. The normalized spacial score (nSPS) is 9.27. The molecular formula is C7H8N2O2. The van der Waals surface area contributed by atoms with Gasteiger partial charge in [0.25, 0.3) is 0 Å². The summed E-state index contributed by atoms with van der Waals surface area (Å²) in [5, 5.41) is 7.20. The second-order valence-corrected chi connectivity index (χ2v) is 2.01. The van der Waals surface area contributed by atoms with Crippen LogP contribution in [0.25, 0.3) is 0 Å². The average Bonchev–Trinajstić information content (AvgIpc) is 2.04.